The second kappa shape index (κ2) is 6.84. The Labute approximate surface area is 140 Å². The van der Waals surface area contributed by atoms with Crippen LogP contribution in [0.2, 0.25) is 0 Å². The molecular formula is C15H13N3O3S2. The van der Waals surface area contributed by atoms with E-state index in [1.54, 1.807) is 25.3 Å². The van der Waals surface area contributed by atoms with Crippen LogP contribution in [0.5, 0.6) is 5.75 Å². The number of rotatable bonds is 6. The Kier molecular flexibility index (Phi) is 4.63. The number of hydrogen-bond donors (Lipinski definition) is 1. The first kappa shape index (κ1) is 15.6. The average molecular weight is 347 g/mol. The van der Waals surface area contributed by atoms with E-state index in [4.69, 9.17) is 9.15 Å². The summed E-state index contributed by atoms with van der Waals surface area (Å²) < 4.78 is 11.6. The van der Waals surface area contributed by atoms with Crippen LogP contribution in [0.4, 0.5) is 5.13 Å². The zero-order chi connectivity index (χ0) is 16.2. The topological polar surface area (TPSA) is 77.2 Å². The summed E-state index contributed by atoms with van der Waals surface area (Å²) in [6.07, 6.45) is 1.78. The zero-order valence-corrected chi connectivity index (χ0v) is 13.9. The molecule has 8 heteroatoms. The highest BCUT2D eigenvalue weighted by Gasteiger charge is 2.16. The highest BCUT2D eigenvalue weighted by Crippen LogP contribution is 2.29. The van der Waals surface area contributed by atoms with Crippen LogP contribution in [-0.2, 0) is 0 Å². The Morgan fingerprint density at radius 2 is 2.39 bits per heavy atom. The Bertz CT molecular complexity index is 857. The van der Waals surface area contributed by atoms with Crippen molar-refractivity contribution in [3.8, 4) is 5.75 Å². The molecule has 1 aromatic carbocycles. The lowest BCUT2D eigenvalue weighted by Gasteiger charge is -1.99. The lowest BCUT2D eigenvalue weighted by Crippen LogP contribution is -2.10. The fourth-order valence-electron chi connectivity index (χ4n) is 1.92. The molecule has 3 rings (SSSR count). The monoisotopic (exact) mass is 347 g/mol. The van der Waals surface area contributed by atoms with Gasteiger partial charge in [0.1, 0.15) is 0 Å². The number of ether oxygens (including phenoxy) is 1. The lowest BCUT2D eigenvalue weighted by atomic mass is 10.2. The van der Waals surface area contributed by atoms with Crippen molar-refractivity contribution in [3.05, 3.63) is 42.7 Å². The molecule has 3 aromatic rings. The van der Waals surface area contributed by atoms with Crippen LogP contribution < -0.4 is 10.1 Å². The Morgan fingerprint density at radius 1 is 1.52 bits per heavy atom. The molecule has 23 heavy (non-hydrogen) atoms. The van der Waals surface area contributed by atoms with Gasteiger partial charge in [-0.3, -0.25) is 10.1 Å². The molecule has 1 N–H and O–H groups in total. The second-order valence-electron chi connectivity index (χ2n) is 4.42. The van der Waals surface area contributed by atoms with E-state index in [1.807, 2.05) is 12.1 Å². The first-order chi connectivity index (χ1) is 11.2. The van der Waals surface area contributed by atoms with E-state index in [-0.39, 0.29) is 11.7 Å². The standard InChI is InChI=1S/C15H13N3O3S2/c1-3-7-22-15-18-17-14(23-15)16-13(19)11-8-9-5-4-6-10(20-2)12(9)21-11/h3-6,8H,1,7H2,2H3,(H,16,17,19). The number of benzene rings is 1. The summed E-state index contributed by atoms with van der Waals surface area (Å²) in [6, 6.07) is 7.14. The van der Waals surface area contributed by atoms with E-state index in [0.717, 1.165) is 15.5 Å². The fraction of sp³-hybridized carbons (Fsp3) is 0.133. The van der Waals surface area contributed by atoms with Gasteiger partial charge >= 0.3 is 0 Å². The number of methoxy groups -OCH3 is 1. The first-order valence-electron chi connectivity index (χ1n) is 6.66. The Balaban J connectivity index is 1.78. The number of nitrogens with one attached hydrogen (secondary N) is 1. The number of nitrogens with zero attached hydrogens (tertiary/aromatic N) is 2. The molecule has 0 saturated carbocycles. The summed E-state index contributed by atoms with van der Waals surface area (Å²) in [4.78, 5) is 12.3. The highest BCUT2D eigenvalue weighted by molar-refractivity contribution is 8.01. The third kappa shape index (κ3) is 3.38. The van der Waals surface area contributed by atoms with E-state index < -0.39 is 0 Å². The van der Waals surface area contributed by atoms with E-state index in [2.05, 4.69) is 22.1 Å². The van der Waals surface area contributed by atoms with Crippen LogP contribution in [0.1, 0.15) is 10.6 Å². The number of anilines is 1. The third-order valence-corrected chi connectivity index (χ3v) is 4.87. The number of thioether (sulfide) groups is 1. The third-order valence-electron chi connectivity index (χ3n) is 2.90. The largest absolute Gasteiger partial charge is 0.493 e. The van der Waals surface area contributed by atoms with Crippen molar-refractivity contribution in [1.82, 2.24) is 10.2 Å². The molecule has 6 nitrogen and oxygen atoms in total. The van der Waals surface area contributed by atoms with Crippen LogP contribution in [0.15, 0.2) is 45.7 Å². The molecule has 118 valence electrons. The second-order valence-corrected chi connectivity index (χ2v) is 6.66. The lowest BCUT2D eigenvalue weighted by molar-refractivity contribution is 0.0998. The summed E-state index contributed by atoms with van der Waals surface area (Å²) in [5.74, 6) is 1.15. The van der Waals surface area contributed by atoms with Gasteiger partial charge in [-0.2, -0.15) is 0 Å². The maximum absolute atomic E-state index is 12.3. The molecule has 0 fully saturated rings. The summed E-state index contributed by atoms with van der Waals surface area (Å²) in [5.41, 5.74) is 0.541. The molecule has 0 atom stereocenters. The van der Waals surface area contributed by atoms with Gasteiger partial charge in [0, 0.05) is 11.1 Å². The quantitative estimate of drug-likeness (QED) is 0.415. The first-order valence-corrected chi connectivity index (χ1v) is 8.46. The minimum atomic E-state index is -0.375. The predicted octanol–water partition coefficient (Wildman–Crippen LogP) is 3.82. The molecule has 0 aliphatic carbocycles. The zero-order valence-electron chi connectivity index (χ0n) is 12.2. The van der Waals surface area contributed by atoms with Gasteiger partial charge in [-0.1, -0.05) is 41.3 Å². The van der Waals surface area contributed by atoms with Crippen molar-refractivity contribution in [2.24, 2.45) is 0 Å². The highest BCUT2D eigenvalue weighted by atomic mass is 32.2. The van der Waals surface area contributed by atoms with Gasteiger partial charge in [-0.15, -0.1) is 16.8 Å². The van der Waals surface area contributed by atoms with Crippen molar-refractivity contribution < 1.29 is 13.9 Å². The van der Waals surface area contributed by atoms with Crippen molar-refractivity contribution in [1.29, 1.82) is 0 Å². The van der Waals surface area contributed by atoms with Crippen molar-refractivity contribution in [2.45, 2.75) is 4.34 Å². The average Bonchev–Trinajstić information content (AvgIpc) is 3.18. The number of fused-ring (bicyclic) bond motifs is 1. The minimum Gasteiger partial charge on any atom is -0.493 e. The number of carbonyl (C=O) groups is 1. The molecule has 0 spiro atoms. The summed E-state index contributed by atoms with van der Waals surface area (Å²) in [6.45, 7) is 3.65. The van der Waals surface area contributed by atoms with Crippen molar-refractivity contribution in [2.75, 3.05) is 18.2 Å². The molecule has 2 heterocycles. The minimum absolute atomic E-state index is 0.194. The molecular weight excluding hydrogens is 334 g/mol. The van der Waals surface area contributed by atoms with Crippen LogP contribution in [0, 0.1) is 0 Å². The molecule has 0 aliphatic heterocycles. The Morgan fingerprint density at radius 3 is 3.17 bits per heavy atom. The van der Waals surface area contributed by atoms with Gasteiger partial charge in [0.05, 0.1) is 7.11 Å². The molecule has 0 radical (unpaired) electrons. The van der Waals surface area contributed by atoms with E-state index in [9.17, 15) is 4.79 Å². The van der Waals surface area contributed by atoms with Crippen molar-refractivity contribution in [3.63, 3.8) is 0 Å². The SMILES string of the molecule is C=CCSc1nnc(NC(=O)c2cc3cccc(OC)c3o2)s1. The normalized spacial score (nSPS) is 10.7. The van der Waals surface area contributed by atoms with E-state index in [1.165, 1.54) is 23.1 Å². The number of hydrogen-bond acceptors (Lipinski definition) is 7. The van der Waals surface area contributed by atoms with Gasteiger partial charge in [0.2, 0.25) is 5.13 Å². The maximum atomic E-state index is 12.3. The van der Waals surface area contributed by atoms with Gasteiger partial charge in [0.15, 0.2) is 21.4 Å². The molecule has 0 saturated heterocycles. The van der Waals surface area contributed by atoms with Crippen LogP contribution >= 0.6 is 23.1 Å². The maximum Gasteiger partial charge on any atom is 0.293 e. The predicted molar refractivity (Wildman–Crippen MR) is 91.5 cm³/mol. The van der Waals surface area contributed by atoms with Crippen LogP contribution in [0.3, 0.4) is 0 Å². The number of para-hydroxylation sites is 1. The Hall–Kier alpha value is -2.32. The van der Waals surface area contributed by atoms with Gasteiger partial charge < -0.3 is 9.15 Å². The summed E-state index contributed by atoms with van der Waals surface area (Å²) in [7, 11) is 1.56. The van der Waals surface area contributed by atoms with Crippen LogP contribution in [-0.4, -0.2) is 29.0 Å². The molecule has 0 aliphatic rings. The molecule has 0 unspecified atom stereocenters. The number of aromatic nitrogens is 2. The molecule has 2 aromatic heterocycles. The van der Waals surface area contributed by atoms with Gasteiger partial charge in [-0.05, 0) is 12.1 Å². The fourth-order valence-corrected chi connectivity index (χ4v) is 3.42. The van der Waals surface area contributed by atoms with Gasteiger partial charge in [-0.25, -0.2) is 0 Å². The number of carbonyl (C=O) groups excluding carboxylic acids is 1. The summed E-state index contributed by atoms with van der Waals surface area (Å²) in [5, 5.41) is 11.8. The number of furan rings is 1. The van der Waals surface area contributed by atoms with Gasteiger partial charge in [0.25, 0.3) is 5.91 Å². The number of amides is 1. The smallest absolute Gasteiger partial charge is 0.293 e. The molecule has 1 amide bonds. The van der Waals surface area contributed by atoms with Crippen molar-refractivity contribution >= 4 is 45.1 Å². The van der Waals surface area contributed by atoms with Crippen LogP contribution in [0.25, 0.3) is 11.0 Å². The van der Waals surface area contributed by atoms with E-state index >= 15 is 0 Å². The molecule has 0 bridgehead atoms. The van der Waals surface area contributed by atoms with E-state index in [0.29, 0.717) is 16.5 Å². The summed E-state index contributed by atoms with van der Waals surface area (Å²) >= 11 is 2.81.